The monoisotopic (exact) mass is 236 g/mol. The number of nitrogens with one attached hydrogen (secondary N) is 1. The largest absolute Gasteiger partial charge is 0.344 e. The molecular formula is C10H12N4OS. The average Bonchev–Trinajstić information content (AvgIpc) is 2.87. The van der Waals surface area contributed by atoms with Crippen molar-refractivity contribution in [2.24, 2.45) is 7.05 Å². The van der Waals surface area contributed by atoms with E-state index in [9.17, 15) is 4.79 Å². The van der Waals surface area contributed by atoms with Crippen molar-refractivity contribution in [3.8, 4) is 0 Å². The zero-order valence-electron chi connectivity index (χ0n) is 9.04. The van der Waals surface area contributed by atoms with Gasteiger partial charge in [-0.25, -0.2) is 4.98 Å². The van der Waals surface area contributed by atoms with Crippen LogP contribution in [0.3, 0.4) is 0 Å². The number of thiazole rings is 1. The Hall–Kier alpha value is -1.69. The molecule has 1 unspecified atom stereocenters. The van der Waals surface area contributed by atoms with Gasteiger partial charge in [0, 0.05) is 24.2 Å². The summed E-state index contributed by atoms with van der Waals surface area (Å²) in [5.41, 5.74) is 3.08. The molecule has 0 aromatic carbocycles. The molecule has 0 saturated heterocycles. The summed E-state index contributed by atoms with van der Waals surface area (Å²) in [6, 6.07) is -0.0668. The van der Waals surface area contributed by atoms with Crippen LogP contribution in [0.15, 0.2) is 23.3 Å². The summed E-state index contributed by atoms with van der Waals surface area (Å²) in [5.74, 6) is -0.155. The molecule has 1 amide bonds. The summed E-state index contributed by atoms with van der Waals surface area (Å²) in [6.07, 6.45) is 3.62. The predicted octanol–water partition coefficient (Wildman–Crippen LogP) is 1.37. The Morgan fingerprint density at radius 1 is 1.62 bits per heavy atom. The van der Waals surface area contributed by atoms with Gasteiger partial charge in [-0.3, -0.25) is 9.48 Å². The number of hydrogen-bond acceptors (Lipinski definition) is 4. The van der Waals surface area contributed by atoms with Crippen LogP contribution in [0.25, 0.3) is 0 Å². The number of carbonyl (C=O) groups is 1. The second-order valence-corrected chi connectivity index (χ2v) is 4.23. The molecule has 2 aromatic rings. The molecule has 0 bridgehead atoms. The van der Waals surface area contributed by atoms with Crippen molar-refractivity contribution < 1.29 is 4.79 Å². The third-order valence-electron chi connectivity index (χ3n) is 2.24. The average molecular weight is 236 g/mol. The van der Waals surface area contributed by atoms with Gasteiger partial charge in [0.15, 0.2) is 0 Å². The molecule has 0 aliphatic heterocycles. The van der Waals surface area contributed by atoms with Crippen molar-refractivity contribution in [3.05, 3.63) is 34.5 Å². The molecule has 16 heavy (non-hydrogen) atoms. The quantitative estimate of drug-likeness (QED) is 0.875. The van der Waals surface area contributed by atoms with Crippen molar-refractivity contribution in [2.75, 3.05) is 0 Å². The highest BCUT2D eigenvalue weighted by atomic mass is 32.1. The number of carbonyl (C=O) groups excluding carboxylic acids is 1. The van der Waals surface area contributed by atoms with Crippen molar-refractivity contribution >= 4 is 17.2 Å². The van der Waals surface area contributed by atoms with Gasteiger partial charge in [0.25, 0.3) is 5.91 Å². The smallest absolute Gasteiger partial charge is 0.271 e. The van der Waals surface area contributed by atoms with E-state index >= 15 is 0 Å². The third kappa shape index (κ3) is 2.27. The summed E-state index contributed by atoms with van der Waals surface area (Å²) in [4.78, 5) is 15.7. The third-order valence-corrected chi connectivity index (χ3v) is 2.82. The fraction of sp³-hybridized carbons (Fsp3) is 0.300. The lowest BCUT2D eigenvalue weighted by Gasteiger charge is -2.10. The first-order valence-electron chi connectivity index (χ1n) is 4.84. The second-order valence-electron chi connectivity index (χ2n) is 3.52. The highest BCUT2D eigenvalue weighted by Crippen LogP contribution is 2.11. The highest BCUT2D eigenvalue weighted by Gasteiger charge is 2.13. The van der Waals surface area contributed by atoms with Gasteiger partial charge < -0.3 is 5.32 Å². The Morgan fingerprint density at radius 2 is 2.44 bits per heavy atom. The standard InChI is InChI=1S/C10H12N4OS/c1-7(8-3-12-14(2)4-8)13-10(15)9-5-16-6-11-9/h3-7H,1-2H3,(H,13,15). The van der Waals surface area contributed by atoms with Gasteiger partial charge in [-0.2, -0.15) is 5.10 Å². The van der Waals surface area contributed by atoms with Gasteiger partial charge in [-0.1, -0.05) is 0 Å². The lowest BCUT2D eigenvalue weighted by molar-refractivity contribution is 0.0935. The molecule has 0 saturated carbocycles. The molecule has 0 aliphatic carbocycles. The normalized spacial score (nSPS) is 12.4. The first-order valence-corrected chi connectivity index (χ1v) is 5.78. The van der Waals surface area contributed by atoms with Gasteiger partial charge in [-0.15, -0.1) is 11.3 Å². The van der Waals surface area contributed by atoms with Crippen LogP contribution in [0.2, 0.25) is 0 Å². The number of aryl methyl sites for hydroxylation is 1. The Morgan fingerprint density at radius 3 is 3.00 bits per heavy atom. The predicted molar refractivity (Wildman–Crippen MR) is 61.2 cm³/mol. The molecule has 0 aliphatic rings. The first-order chi connectivity index (χ1) is 7.66. The number of nitrogens with zero attached hydrogens (tertiary/aromatic N) is 3. The Bertz CT molecular complexity index is 477. The van der Waals surface area contributed by atoms with E-state index in [2.05, 4.69) is 15.4 Å². The summed E-state index contributed by atoms with van der Waals surface area (Å²) in [5, 5.41) is 8.65. The maximum Gasteiger partial charge on any atom is 0.271 e. The fourth-order valence-corrected chi connectivity index (χ4v) is 1.87. The number of rotatable bonds is 3. The summed E-state index contributed by atoms with van der Waals surface area (Å²) >= 11 is 1.41. The van der Waals surface area contributed by atoms with Crippen LogP contribution in [-0.2, 0) is 7.05 Å². The van der Waals surface area contributed by atoms with Crippen LogP contribution in [0.5, 0.6) is 0 Å². The van der Waals surface area contributed by atoms with Crippen LogP contribution in [0, 0.1) is 0 Å². The van der Waals surface area contributed by atoms with E-state index in [0.29, 0.717) is 5.69 Å². The minimum Gasteiger partial charge on any atom is -0.344 e. The van der Waals surface area contributed by atoms with E-state index in [0.717, 1.165) is 5.56 Å². The molecule has 2 rings (SSSR count). The molecule has 5 nitrogen and oxygen atoms in total. The fourth-order valence-electron chi connectivity index (χ4n) is 1.34. The Kier molecular flexibility index (Phi) is 3.00. The molecule has 1 atom stereocenters. The molecule has 2 heterocycles. The Labute approximate surface area is 97.1 Å². The number of aromatic nitrogens is 3. The van der Waals surface area contributed by atoms with Crippen LogP contribution < -0.4 is 5.32 Å². The summed E-state index contributed by atoms with van der Waals surface area (Å²) in [6.45, 7) is 1.92. The molecule has 0 spiro atoms. The number of hydrogen-bond donors (Lipinski definition) is 1. The molecule has 6 heteroatoms. The van der Waals surface area contributed by atoms with Crippen molar-refractivity contribution in [1.82, 2.24) is 20.1 Å². The molecule has 84 valence electrons. The van der Waals surface area contributed by atoms with Gasteiger partial charge in [0.05, 0.1) is 17.7 Å². The maximum atomic E-state index is 11.7. The van der Waals surface area contributed by atoms with Crippen molar-refractivity contribution in [3.63, 3.8) is 0 Å². The van der Waals surface area contributed by atoms with Crippen molar-refractivity contribution in [2.45, 2.75) is 13.0 Å². The first kappa shape index (κ1) is 10.8. The highest BCUT2D eigenvalue weighted by molar-refractivity contribution is 7.07. The SMILES string of the molecule is CC(NC(=O)c1cscn1)c1cnn(C)c1. The maximum absolute atomic E-state index is 11.7. The van der Waals surface area contributed by atoms with Gasteiger partial charge in [-0.05, 0) is 6.92 Å². The van der Waals surface area contributed by atoms with Gasteiger partial charge in [0.1, 0.15) is 5.69 Å². The molecule has 1 N–H and O–H groups in total. The molecule has 0 radical (unpaired) electrons. The van der Waals surface area contributed by atoms with Crippen molar-refractivity contribution in [1.29, 1.82) is 0 Å². The lowest BCUT2D eigenvalue weighted by atomic mass is 10.2. The van der Waals surface area contributed by atoms with Gasteiger partial charge in [0.2, 0.25) is 0 Å². The van der Waals surface area contributed by atoms with Crippen LogP contribution in [-0.4, -0.2) is 20.7 Å². The van der Waals surface area contributed by atoms with E-state index < -0.39 is 0 Å². The van der Waals surface area contributed by atoms with Crippen LogP contribution >= 0.6 is 11.3 Å². The molecular weight excluding hydrogens is 224 g/mol. The van der Waals surface area contributed by atoms with E-state index in [-0.39, 0.29) is 11.9 Å². The second kappa shape index (κ2) is 4.44. The zero-order chi connectivity index (χ0) is 11.5. The molecule has 0 fully saturated rings. The van der Waals surface area contributed by atoms with Gasteiger partial charge >= 0.3 is 0 Å². The van der Waals surface area contributed by atoms with E-state index in [4.69, 9.17) is 0 Å². The zero-order valence-corrected chi connectivity index (χ0v) is 9.86. The van der Waals surface area contributed by atoms with E-state index in [1.54, 1.807) is 21.8 Å². The summed E-state index contributed by atoms with van der Waals surface area (Å²) < 4.78 is 1.71. The minimum atomic E-state index is -0.155. The molecule has 2 aromatic heterocycles. The topological polar surface area (TPSA) is 59.8 Å². The van der Waals surface area contributed by atoms with E-state index in [1.165, 1.54) is 11.3 Å². The summed E-state index contributed by atoms with van der Waals surface area (Å²) in [7, 11) is 1.85. The Balaban J connectivity index is 2.03. The van der Waals surface area contributed by atoms with Crippen LogP contribution in [0.1, 0.15) is 29.0 Å². The number of amides is 1. The van der Waals surface area contributed by atoms with Crippen LogP contribution in [0.4, 0.5) is 0 Å². The lowest BCUT2D eigenvalue weighted by Crippen LogP contribution is -2.26. The van der Waals surface area contributed by atoms with E-state index in [1.807, 2.05) is 20.2 Å². The minimum absolute atomic E-state index is 0.0668.